The molecule has 0 aromatic heterocycles. The summed E-state index contributed by atoms with van der Waals surface area (Å²) in [5.74, 6) is -0.0402. The fourth-order valence-electron chi connectivity index (χ4n) is 3.51. The quantitative estimate of drug-likeness (QED) is 0.533. The van der Waals surface area contributed by atoms with E-state index in [1.54, 1.807) is 35.2 Å². The number of carbonyl (C=O) groups excluding carboxylic acids is 2. The molecule has 1 fully saturated rings. The summed E-state index contributed by atoms with van der Waals surface area (Å²) in [6.07, 6.45) is 4.41. The highest BCUT2D eigenvalue weighted by atomic mass is 32.2. The highest BCUT2D eigenvalue weighted by molar-refractivity contribution is 7.89. The molecule has 1 heterocycles. The fraction of sp³-hybridized carbons (Fsp3) is 0.636. The zero-order chi connectivity index (χ0) is 22.0. The number of hydrogen-bond acceptors (Lipinski definition) is 4. The fourth-order valence-corrected chi connectivity index (χ4v) is 4.95. The Hall–Kier alpha value is -1.93. The minimum Gasteiger partial charge on any atom is -0.343 e. The van der Waals surface area contributed by atoms with Crippen LogP contribution in [-0.4, -0.2) is 73.6 Å². The van der Waals surface area contributed by atoms with Crippen molar-refractivity contribution in [3.63, 3.8) is 0 Å². The summed E-state index contributed by atoms with van der Waals surface area (Å²) in [7, 11) is -3.53. The lowest BCUT2D eigenvalue weighted by Gasteiger charge is -2.34. The van der Waals surface area contributed by atoms with E-state index >= 15 is 0 Å². The normalized spacial score (nSPS) is 15.2. The second kappa shape index (κ2) is 12.1. The summed E-state index contributed by atoms with van der Waals surface area (Å²) < 4.78 is 26.8. The molecule has 0 atom stereocenters. The van der Waals surface area contributed by atoms with Gasteiger partial charge in [-0.25, -0.2) is 8.42 Å². The van der Waals surface area contributed by atoms with E-state index in [9.17, 15) is 18.0 Å². The van der Waals surface area contributed by atoms with Crippen LogP contribution in [0.3, 0.4) is 0 Å². The number of piperazine rings is 1. The van der Waals surface area contributed by atoms with E-state index < -0.39 is 10.0 Å². The van der Waals surface area contributed by atoms with Gasteiger partial charge < -0.3 is 9.80 Å². The van der Waals surface area contributed by atoms with Crippen LogP contribution in [-0.2, 0) is 19.6 Å². The van der Waals surface area contributed by atoms with Gasteiger partial charge in [-0.1, -0.05) is 44.9 Å². The average molecular weight is 438 g/mol. The van der Waals surface area contributed by atoms with Crippen molar-refractivity contribution in [1.29, 1.82) is 0 Å². The summed E-state index contributed by atoms with van der Waals surface area (Å²) in [6.45, 7) is 6.96. The molecule has 0 unspecified atom stereocenters. The Kier molecular flexibility index (Phi) is 9.78. The Morgan fingerprint density at radius 3 is 2.00 bits per heavy atom. The summed E-state index contributed by atoms with van der Waals surface area (Å²) in [5.41, 5.74) is 0. The van der Waals surface area contributed by atoms with E-state index in [0.717, 1.165) is 38.8 Å². The van der Waals surface area contributed by atoms with Crippen molar-refractivity contribution in [2.75, 3.05) is 39.3 Å². The molecule has 8 heteroatoms. The lowest BCUT2D eigenvalue weighted by Crippen LogP contribution is -2.50. The van der Waals surface area contributed by atoms with Crippen molar-refractivity contribution in [2.24, 2.45) is 0 Å². The minimum absolute atomic E-state index is 0.0375. The first-order valence-corrected chi connectivity index (χ1v) is 12.4. The SMILES string of the molecule is CCCCN(CCCC)C(=O)CCC(=O)N1CCN(S(=O)(=O)c2ccccc2)CC1. The number of carbonyl (C=O) groups is 2. The van der Waals surface area contributed by atoms with Gasteiger partial charge >= 0.3 is 0 Å². The Morgan fingerprint density at radius 1 is 0.900 bits per heavy atom. The lowest BCUT2D eigenvalue weighted by molar-refractivity contribution is -0.137. The monoisotopic (exact) mass is 437 g/mol. The number of benzene rings is 1. The van der Waals surface area contributed by atoms with Crippen LogP contribution in [0.4, 0.5) is 0 Å². The van der Waals surface area contributed by atoms with Gasteiger partial charge in [0.25, 0.3) is 0 Å². The van der Waals surface area contributed by atoms with Crippen molar-refractivity contribution in [3.8, 4) is 0 Å². The van der Waals surface area contributed by atoms with E-state index in [0.29, 0.717) is 13.1 Å². The zero-order valence-electron chi connectivity index (χ0n) is 18.3. The van der Waals surface area contributed by atoms with Gasteiger partial charge in [0.15, 0.2) is 0 Å². The van der Waals surface area contributed by atoms with Crippen LogP contribution in [0.5, 0.6) is 0 Å². The van der Waals surface area contributed by atoms with Gasteiger partial charge in [0, 0.05) is 52.1 Å². The molecule has 1 aliphatic rings. The molecule has 0 spiro atoms. The number of nitrogens with zero attached hydrogens (tertiary/aromatic N) is 3. The molecule has 2 rings (SSSR count). The Bertz CT molecular complexity index is 767. The minimum atomic E-state index is -3.53. The number of hydrogen-bond donors (Lipinski definition) is 0. The first-order chi connectivity index (χ1) is 14.4. The molecule has 2 amide bonds. The van der Waals surface area contributed by atoms with Gasteiger partial charge in [-0.05, 0) is 25.0 Å². The maximum absolute atomic E-state index is 12.7. The third-order valence-electron chi connectivity index (χ3n) is 5.44. The number of amides is 2. The summed E-state index contributed by atoms with van der Waals surface area (Å²) >= 11 is 0. The van der Waals surface area contributed by atoms with Crippen molar-refractivity contribution in [2.45, 2.75) is 57.3 Å². The molecule has 168 valence electrons. The zero-order valence-corrected chi connectivity index (χ0v) is 19.1. The maximum Gasteiger partial charge on any atom is 0.243 e. The Labute approximate surface area is 181 Å². The third kappa shape index (κ3) is 6.80. The van der Waals surface area contributed by atoms with Crippen LogP contribution in [0.15, 0.2) is 35.2 Å². The highest BCUT2D eigenvalue weighted by Gasteiger charge is 2.30. The van der Waals surface area contributed by atoms with E-state index in [2.05, 4.69) is 13.8 Å². The third-order valence-corrected chi connectivity index (χ3v) is 7.35. The number of sulfonamides is 1. The molecule has 0 saturated carbocycles. The first kappa shape index (κ1) is 24.3. The second-order valence-electron chi connectivity index (χ2n) is 7.69. The van der Waals surface area contributed by atoms with E-state index in [4.69, 9.17) is 0 Å². The summed E-state index contributed by atoms with van der Waals surface area (Å²) in [6, 6.07) is 8.35. The molecule has 1 saturated heterocycles. The molecule has 0 radical (unpaired) electrons. The number of unbranched alkanes of at least 4 members (excludes halogenated alkanes) is 2. The maximum atomic E-state index is 12.7. The standard InChI is InChI=1S/C22H35N3O4S/c1-3-5-14-23(15-6-4-2)21(26)12-13-22(27)24-16-18-25(19-17-24)30(28,29)20-10-8-7-9-11-20/h7-11H,3-6,12-19H2,1-2H3. The Balaban J connectivity index is 1.83. The van der Waals surface area contributed by atoms with E-state index in [1.807, 2.05) is 4.90 Å². The molecule has 1 aromatic rings. The van der Waals surface area contributed by atoms with Crippen molar-refractivity contribution < 1.29 is 18.0 Å². The van der Waals surface area contributed by atoms with Crippen LogP contribution >= 0.6 is 0 Å². The first-order valence-electron chi connectivity index (χ1n) is 11.0. The largest absolute Gasteiger partial charge is 0.343 e. The van der Waals surface area contributed by atoms with Gasteiger partial charge in [0.05, 0.1) is 4.90 Å². The Morgan fingerprint density at radius 2 is 1.47 bits per heavy atom. The van der Waals surface area contributed by atoms with Crippen molar-refractivity contribution in [3.05, 3.63) is 30.3 Å². The molecule has 0 aliphatic carbocycles. The molecule has 7 nitrogen and oxygen atoms in total. The van der Waals surface area contributed by atoms with Crippen LogP contribution in [0.1, 0.15) is 52.4 Å². The number of rotatable bonds is 11. The molecule has 30 heavy (non-hydrogen) atoms. The predicted molar refractivity (Wildman–Crippen MR) is 117 cm³/mol. The van der Waals surface area contributed by atoms with Gasteiger partial charge in [-0.2, -0.15) is 4.31 Å². The van der Waals surface area contributed by atoms with Gasteiger partial charge in [-0.15, -0.1) is 0 Å². The molecular formula is C22H35N3O4S. The summed E-state index contributed by atoms with van der Waals surface area (Å²) in [5, 5.41) is 0. The smallest absolute Gasteiger partial charge is 0.243 e. The second-order valence-corrected chi connectivity index (χ2v) is 9.62. The van der Waals surface area contributed by atoms with Crippen molar-refractivity contribution in [1.82, 2.24) is 14.1 Å². The van der Waals surface area contributed by atoms with Crippen LogP contribution in [0.25, 0.3) is 0 Å². The van der Waals surface area contributed by atoms with Crippen molar-refractivity contribution >= 4 is 21.8 Å². The molecular weight excluding hydrogens is 402 g/mol. The topological polar surface area (TPSA) is 78.0 Å². The van der Waals surface area contributed by atoms with Crippen LogP contribution in [0, 0.1) is 0 Å². The molecule has 0 N–H and O–H groups in total. The van der Waals surface area contributed by atoms with Crippen LogP contribution in [0.2, 0.25) is 0 Å². The van der Waals surface area contributed by atoms with E-state index in [-0.39, 0.29) is 42.6 Å². The van der Waals surface area contributed by atoms with E-state index in [1.165, 1.54) is 4.31 Å². The van der Waals surface area contributed by atoms with Gasteiger partial charge in [0.2, 0.25) is 21.8 Å². The molecule has 1 aliphatic heterocycles. The highest BCUT2D eigenvalue weighted by Crippen LogP contribution is 2.17. The average Bonchev–Trinajstić information content (AvgIpc) is 2.78. The summed E-state index contributed by atoms with van der Waals surface area (Å²) in [4.78, 5) is 28.9. The van der Waals surface area contributed by atoms with Gasteiger partial charge in [-0.3, -0.25) is 9.59 Å². The van der Waals surface area contributed by atoms with Gasteiger partial charge in [0.1, 0.15) is 0 Å². The predicted octanol–water partition coefficient (Wildman–Crippen LogP) is 2.73. The molecule has 1 aromatic carbocycles. The lowest BCUT2D eigenvalue weighted by atomic mass is 10.2. The van der Waals surface area contributed by atoms with Crippen LogP contribution < -0.4 is 0 Å². The molecule has 0 bridgehead atoms.